The van der Waals surface area contributed by atoms with Crippen LogP contribution in [0.2, 0.25) is 0 Å². The summed E-state index contributed by atoms with van der Waals surface area (Å²) in [4.78, 5) is 0. The summed E-state index contributed by atoms with van der Waals surface area (Å²) < 4.78 is 5.00. The van der Waals surface area contributed by atoms with E-state index in [2.05, 4.69) is 22.9 Å². The van der Waals surface area contributed by atoms with Gasteiger partial charge in [0.25, 0.3) is 0 Å². The molecule has 0 bridgehead atoms. The molecule has 2 rings (SSSR count). The fourth-order valence-corrected chi connectivity index (χ4v) is 1.71. The van der Waals surface area contributed by atoms with Crippen molar-refractivity contribution >= 4 is 0 Å². The second-order valence-electron chi connectivity index (χ2n) is 3.89. The number of benzene rings is 1. The monoisotopic (exact) mass is 231 g/mol. The maximum Gasteiger partial charge on any atom is 0.0947 e. The SMILES string of the molecule is NN[C@H](CNCc1ccoc1)c1ccccc1. The average molecular weight is 231 g/mol. The van der Waals surface area contributed by atoms with E-state index >= 15 is 0 Å². The van der Waals surface area contributed by atoms with Gasteiger partial charge in [-0.25, -0.2) is 0 Å². The number of nitrogens with two attached hydrogens (primary N) is 1. The quantitative estimate of drug-likeness (QED) is 0.521. The predicted octanol–water partition coefficient (Wildman–Crippen LogP) is 1.57. The van der Waals surface area contributed by atoms with E-state index in [0.717, 1.165) is 18.7 Å². The summed E-state index contributed by atoms with van der Waals surface area (Å²) in [5.41, 5.74) is 5.12. The molecule has 4 N–H and O–H groups in total. The van der Waals surface area contributed by atoms with Gasteiger partial charge in [0.1, 0.15) is 0 Å². The van der Waals surface area contributed by atoms with Gasteiger partial charge in [0.05, 0.1) is 18.6 Å². The molecular formula is C13H17N3O. The number of hydrogen-bond acceptors (Lipinski definition) is 4. The number of nitrogens with one attached hydrogen (secondary N) is 2. The van der Waals surface area contributed by atoms with Crippen LogP contribution in [0, 0.1) is 0 Å². The Kier molecular flexibility index (Phi) is 4.32. The van der Waals surface area contributed by atoms with Gasteiger partial charge in [-0.1, -0.05) is 30.3 Å². The lowest BCUT2D eigenvalue weighted by atomic mass is 10.1. The maximum atomic E-state index is 5.56. The molecule has 0 aliphatic heterocycles. The van der Waals surface area contributed by atoms with Crippen LogP contribution in [0.1, 0.15) is 17.2 Å². The molecule has 4 nitrogen and oxygen atoms in total. The fraction of sp³-hybridized carbons (Fsp3) is 0.231. The molecule has 0 saturated carbocycles. The summed E-state index contributed by atoms with van der Waals surface area (Å²) in [7, 11) is 0. The zero-order valence-corrected chi connectivity index (χ0v) is 9.60. The highest BCUT2D eigenvalue weighted by Crippen LogP contribution is 2.10. The zero-order valence-electron chi connectivity index (χ0n) is 9.60. The molecule has 0 aliphatic rings. The lowest BCUT2D eigenvalue weighted by Crippen LogP contribution is -2.35. The third-order valence-corrected chi connectivity index (χ3v) is 2.66. The maximum absolute atomic E-state index is 5.56. The Morgan fingerprint density at radius 1 is 1.18 bits per heavy atom. The second-order valence-corrected chi connectivity index (χ2v) is 3.89. The first-order valence-electron chi connectivity index (χ1n) is 5.63. The van der Waals surface area contributed by atoms with Crippen LogP contribution in [0.15, 0.2) is 53.3 Å². The molecule has 17 heavy (non-hydrogen) atoms. The van der Waals surface area contributed by atoms with Crippen LogP contribution >= 0.6 is 0 Å². The third-order valence-electron chi connectivity index (χ3n) is 2.66. The predicted molar refractivity (Wildman–Crippen MR) is 66.9 cm³/mol. The van der Waals surface area contributed by atoms with Crippen molar-refractivity contribution < 1.29 is 4.42 Å². The molecule has 0 fully saturated rings. The van der Waals surface area contributed by atoms with Gasteiger partial charge in [-0.3, -0.25) is 11.3 Å². The largest absolute Gasteiger partial charge is 0.472 e. The average Bonchev–Trinajstić information content (AvgIpc) is 2.89. The first-order valence-corrected chi connectivity index (χ1v) is 5.63. The lowest BCUT2D eigenvalue weighted by Gasteiger charge is -2.16. The van der Waals surface area contributed by atoms with E-state index in [1.807, 2.05) is 24.3 Å². The molecule has 0 unspecified atom stereocenters. The highest BCUT2D eigenvalue weighted by Gasteiger charge is 2.08. The molecule has 1 atom stereocenters. The number of furan rings is 1. The van der Waals surface area contributed by atoms with E-state index < -0.39 is 0 Å². The standard InChI is InChI=1S/C13H17N3O/c14-16-13(12-4-2-1-3-5-12)9-15-8-11-6-7-17-10-11/h1-7,10,13,15-16H,8-9,14H2/t13-/m1/s1. The zero-order chi connectivity index (χ0) is 11.9. The van der Waals surface area contributed by atoms with Crippen LogP contribution < -0.4 is 16.6 Å². The summed E-state index contributed by atoms with van der Waals surface area (Å²) >= 11 is 0. The smallest absolute Gasteiger partial charge is 0.0947 e. The van der Waals surface area contributed by atoms with Gasteiger partial charge in [-0.05, 0) is 11.6 Å². The summed E-state index contributed by atoms with van der Waals surface area (Å²) in [5, 5.41) is 3.33. The minimum Gasteiger partial charge on any atom is -0.472 e. The van der Waals surface area contributed by atoms with Crippen molar-refractivity contribution in [2.24, 2.45) is 5.84 Å². The molecule has 90 valence electrons. The third kappa shape index (κ3) is 3.42. The molecule has 4 heteroatoms. The molecular weight excluding hydrogens is 214 g/mol. The molecule has 2 aromatic rings. The molecule has 0 amide bonds. The number of hydrazine groups is 1. The van der Waals surface area contributed by atoms with E-state index in [-0.39, 0.29) is 6.04 Å². The molecule has 0 aliphatic carbocycles. The molecule has 1 aromatic heterocycles. The van der Waals surface area contributed by atoms with Gasteiger partial charge in [-0.15, -0.1) is 0 Å². The molecule has 0 saturated heterocycles. The second kappa shape index (κ2) is 6.20. The van der Waals surface area contributed by atoms with Crippen LogP contribution in [-0.4, -0.2) is 6.54 Å². The molecule has 1 aromatic carbocycles. The van der Waals surface area contributed by atoms with Gasteiger partial charge in [0, 0.05) is 18.7 Å². The van der Waals surface area contributed by atoms with Crippen LogP contribution in [0.5, 0.6) is 0 Å². The summed E-state index contributed by atoms with van der Waals surface area (Å²) in [6, 6.07) is 12.2. The van der Waals surface area contributed by atoms with Crippen molar-refractivity contribution in [2.75, 3.05) is 6.54 Å². The van der Waals surface area contributed by atoms with E-state index in [1.165, 1.54) is 5.56 Å². The van der Waals surface area contributed by atoms with Crippen molar-refractivity contribution in [1.82, 2.24) is 10.7 Å². The van der Waals surface area contributed by atoms with E-state index in [9.17, 15) is 0 Å². The molecule has 1 heterocycles. The minimum absolute atomic E-state index is 0.114. The van der Waals surface area contributed by atoms with Gasteiger partial charge in [0.15, 0.2) is 0 Å². The van der Waals surface area contributed by atoms with Crippen molar-refractivity contribution in [3.05, 3.63) is 60.1 Å². The Labute approximate surface area is 101 Å². The minimum atomic E-state index is 0.114. The van der Waals surface area contributed by atoms with Crippen molar-refractivity contribution in [2.45, 2.75) is 12.6 Å². The van der Waals surface area contributed by atoms with E-state index in [4.69, 9.17) is 10.3 Å². The molecule has 0 radical (unpaired) electrons. The van der Waals surface area contributed by atoms with Crippen LogP contribution in [0.4, 0.5) is 0 Å². The first kappa shape index (κ1) is 11.9. The fourth-order valence-electron chi connectivity index (χ4n) is 1.71. The van der Waals surface area contributed by atoms with Gasteiger partial charge < -0.3 is 9.73 Å². The summed E-state index contributed by atoms with van der Waals surface area (Å²) in [6.07, 6.45) is 3.41. The van der Waals surface area contributed by atoms with Crippen LogP contribution in [-0.2, 0) is 6.54 Å². The number of rotatable bonds is 6. The Morgan fingerprint density at radius 2 is 2.00 bits per heavy atom. The first-order chi connectivity index (χ1) is 8.40. The van der Waals surface area contributed by atoms with Gasteiger partial charge in [0.2, 0.25) is 0 Å². The highest BCUT2D eigenvalue weighted by atomic mass is 16.3. The summed E-state index contributed by atoms with van der Waals surface area (Å²) in [5.74, 6) is 5.56. The lowest BCUT2D eigenvalue weighted by molar-refractivity contribution is 0.499. The van der Waals surface area contributed by atoms with Gasteiger partial charge >= 0.3 is 0 Å². The normalized spacial score (nSPS) is 12.5. The van der Waals surface area contributed by atoms with Crippen molar-refractivity contribution in [3.63, 3.8) is 0 Å². The Balaban J connectivity index is 1.84. The molecule has 0 spiro atoms. The van der Waals surface area contributed by atoms with E-state index in [0.29, 0.717) is 0 Å². The van der Waals surface area contributed by atoms with Crippen molar-refractivity contribution in [1.29, 1.82) is 0 Å². The topological polar surface area (TPSA) is 63.2 Å². The Hall–Kier alpha value is -1.62. The van der Waals surface area contributed by atoms with Gasteiger partial charge in [-0.2, -0.15) is 0 Å². The summed E-state index contributed by atoms with van der Waals surface area (Å²) in [6.45, 7) is 1.55. The number of hydrogen-bond donors (Lipinski definition) is 3. The van der Waals surface area contributed by atoms with Crippen LogP contribution in [0.25, 0.3) is 0 Å². The van der Waals surface area contributed by atoms with E-state index in [1.54, 1.807) is 12.5 Å². The highest BCUT2D eigenvalue weighted by molar-refractivity contribution is 5.19. The van der Waals surface area contributed by atoms with Crippen LogP contribution in [0.3, 0.4) is 0 Å². The Morgan fingerprint density at radius 3 is 2.65 bits per heavy atom. The Bertz CT molecular complexity index is 413. The van der Waals surface area contributed by atoms with Crippen molar-refractivity contribution in [3.8, 4) is 0 Å².